The summed E-state index contributed by atoms with van der Waals surface area (Å²) in [6.07, 6.45) is 2.00. The van der Waals surface area contributed by atoms with E-state index >= 15 is 0 Å². The second kappa shape index (κ2) is 6.29. The summed E-state index contributed by atoms with van der Waals surface area (Å²) in [5.74, 6) is 0. The molecule has 0 spiro atoms. The van der Waals surface area contributed by atoms with Gasteiger partial charge < -0.3 is 0 Å². The lowest BCUT2D eigenvalue weighted by Crippen LogP contribution is -1.85. The third-order valence-electron chi connectivity index (χ3n) is 2.47. The van der Waals surface area contributed by atoms with Gasteiger partial charge in [0.2, 0.25) is 0 Å². The Balaban J connectivity index is 1.68. The van der Waals surface area contributed by atoms with Gasteiger partial charge in [-0.25, -0.2) is 4.98 Å². The molecule has 0 amide bonds. The zero-order chi connectivity index (χ0) is 14.7. The maximum atomic E-state index is 10.6. The van der Waals surface area contributed by atoms with Crippen molar-refractivity contribution in [2.45, 2.75) is 15.1 Å². The molecule has 2 aromatic heterocycles. The minimum absolute atomic E-state index is 0.0338. The van der Waals surface area contributed by atoms with Crippen molar-refractivity contribution in [3.05, 3.63) is 57.2 Å². The standard InChI is InChI=1S/C12H8N4O2S3/c17-16(18)10-7-13-11(20-10)21-12-15-14-9(19-12)6-8-4-2-1-3-5-8/h1-5,7H,6H2. The lowest BCUT2D eigenvalue weighted by molar-refractivity contribution is -0.380. The van der Waals surface area contributed by atoms with Gasteiger partial charge in [-0.3, -0.25) is 10.1 Å². The SMILES string of the molecule is O=[N+]([O-])c1cnc(Sc2nnc(Cc3ccccc3)s2)s1. The van der Waals surface area contributed by atoms with E-state index in [-0.39, 0.29) is 5.00 Å². The Morgan fingerprint density at radius 1 is 1.14 bits per heavy atom. The number of nitro groups is 1. The topological polar surface area (TPSA) is 81.8 Å². The first-order chi connectivity index (χ1) is 10.2. The van der Waals surface area contributed by atoms with Gasteiger partial charge in [0.15, 0.2) is 8.68 Å². The van der Waals surface area contributed by atoms with Crippen LogP contribution >= 0.6 is 34.4 Å². The molecule has 21 heavy (non-hydrogen) atoms. The molecule has 0 N–H and O–H groups in total. The van der Waals surface area contributed by atoms with Crippen LogP contribution in [0.1, 0.15) is 10.6 Å². The van der Waals surface area contributed by atoms with E-state index in [1.807, 2.05) is 30.3 Å². The molecular weight excluding hydrogens is 328 g/mol. The van der Waals surface area contributed by atoms with Gasteiger partial charge in [0, 0.05) is 6.42 Å². The van der Waals surface area contributed by atoms with Crippen molar-refractivity contribution in [1.82, 2.24) is 15.2 Å². The summed E-state index contributed by atoms with van der Waals surface area (Å²) in [7, 11) is 0. The average Bonchev–Trinajstić information content (AvgIpc) is 3.10. The Morgan fingerprint density at radius 2 is 1.95 bits per heavy atom. The number of hydrogen-bond donors (Lipinski definition) is 0. The third-order valence-corrected chi connectivity index (χ3v) is 5.47. The summed E-state index contributed by atoms with van der Waals surface area (Å²) in [6, 6.07) is 10.0. The maximum absolute atomic E-state index is 10.6. The van der Waals surface area contributed by atoms with Crippen LogP contribution in [0.3, 0.4) is 0 Å². The monoisotopic (exact) mass is 336 g/mol. The van der Waals surface area contributed by atoms with Gasteiger partial charge in [-0.1, -0.05) is 41.7 Å². The highest BCUT2D eigenvalue weighted by atomic mass is 32.2. The fraction of sp³-hybridized carbons (Fsp3) is 0.0833. The molecule has 0 radical (unpaired) electrons. The van der Waals surface area contributed by atoms with Crippen LogP contribution < -0.4 is 0 Å². The summed E-state index contributed by atoms with van der Waals surface area (Å²) < 4.78 is 1.34. The Morgan fingerprint density at radius 3 is 2.67 bits per heavy atom. The van der Waals surface area contributed by atoms with E-state index in [2.05, 4.69) is 15.2 Å². The predicted molar refractivity (Wildman–Crippen MR) is 82.0 cm³/mol. The Hall–Kier alpha value is -1.84. The van der Waals surface area contributed by atoms with Gasteiger partial charge >= 0.3 is 5.00 Å². The van der Waals surface area contributed by atoms with Gasteiger partial charge in [-0.15, -0.1) is 10.2 Å². The number of thiazole rings is 1. The summed E-state index contributed by atoms with van der Waals surface area (Å²) in [5.41, 5.74) is 1.18. The van der Waals surface area contributed by atoms with E-state index in [1.54, 1.807) is 0 Å². The smallest absolute Gasteiger partial charge is 0.257 e. The Labute approximate surface area is 132 Å². The van der Waals surface area contributed by atoms with E-state index in [9.17, 15) is 10.1 Å². The molecule has 0 saturated carbocycles. The minimum Gasteiger partial charge on any atom is -0.257 e. The highest BCUT2D eigenvalue weighted by Crippen LogP contribution is 2.35. The molecule has 0 atom stereocenters. The number of benzene rings is 1. The lowest BCUT2D eigenvalue weighted by Gasteiger charge is -1.94. The van der Waals surface area contributed by atoms with Crippen molar-refractivity contribution in [2.75, 3.05) is 0 Å². The number of aromatic nitrogens is 3. The molecule has 3 rings (SSSR count). The van der Waals surface area contributed by atoms with Crippen molar-refractivity contribution < 1.29 is 4.92 Å². The minimum atomic E-state index is -0.442. The van der Waals surface area contributed by atoms with Gasteiger partial charge in [0.25, 0.3) is 0 Å². The molecule has 106 valence electrons. The van der Waals surface area contributed by atoms with Crippen molar-refractivity contribution in [1.29, 1.82) is 0 Å². The lowest BCUT2D eigenvalue weighted by atomic mass is 10.2. The van der Waals surface area contributed by atoms with Crippen LogP contribution in [-0.2, 0) is 6.42 Å². The number of hydrogen-bond acceptors (Lipinski definition) is 8. The Kier molecular flexibility index (Phi) is 4.23. The van der Waals surface area contributed by atoms with E-state index in [0.29, 0.717) is 4.34 Å². The highest BCUT2D eigenvalue weighted by molar-refractivity contribution is 8.02. The van der Waals surface area contributed by atoms with Crippen molar-refractivity contribution in [2.24, 2.45) is 0 Å². The average molecular weight is 336 g/mol. The van der Waals surface area contributed by atoms with Crippen molar-refractivity contribution >= 4 is 39.4 Å². The van der Waals surface area contributed by atoms with Gasteiger partial charge in [0.05, 0.1) is 4.92 Å². The van der Waals surface area contributed by atoms with Gasteiger partial charge in [0.1, 0.15) is 11.2 Å². The van der Waals surface area contributed by atoms with Crippen LogP contribution in [0.4, 0.5) is 5.00 Å². The Bertz CT molecular complexity index is 757. The molecule has 2 heterocycles. The van der Waals surface area contributed by atoms with E-state index in [1.165, 1.54) is 34.9 Å². The van der Waals surface area contributed by atoms with Crippen molar-refractivity contribution in [3.8, 4) is 0 Å². The quantitative estimate of drug-likeness (QED) is 0.522. The molecule has 0 bridgehead atoms. The van der Waals surface area contributed by atoms with Crippen LogP contribution in [0.2, 0.25) is 0 Å². The largest absolute Gasteiger partial charge is 0.344 e. The summed E-state index contributed by atoms with van der Waals surface area (Å²) in [6.45, 7) is 0. The molecule has 9 heteroatoms. The molecule has 1 aromatic carbocycles. The fourth-order valence-electron chi connectivity index (χ4n) is 1.58. The zero-order valence-electron chi connectivity index (χ0n) is 10.5. The van der Waals surface area contributed by atoms with E-state index < -0.39 is 4.92 Å². The molecule has 0 aliphatic heterocycles. The summed E-state index contributed by atoms with van der Waals surface area (Å²) >= 11 is 3.82. The molecule has 6 nitrogen and oxygen atoms in total. The van der Waals surface area contributed by atoms with Crippen LogP contribution in [0.5, 0.6) is 0 Å². The van der Waals surface area contributed by atoms with Crippen LogP contribution in [-0.4, -0.2) is 20.1 Å². The van der Waals surface area contributed by atoms with E-state index in [0.717, 1.165) is 27.1 Å². The first kappa shape index (κ1) is 14.1. The predicted octanol–water partition coefficient (Wildman–Crippen LogP) is 3.64. The number of rotatable bonds is 5. The fourth-order valence-corrected chi connectivity index (χ4v) is 4.49. The van der Waals surface area contributed by atoms with E-state index in [4.69, 9.17) is 0 Å². The molecule has 0 aliphatic rings. The molecule has 0 aliphatic carbocycles. The van der Waals surface area contributed by atoms with Crippen molar-refractivity contribution in [3.63, 3.8) is 0 Å². The first-order valence-electron chi connectivity index (χ1n) is 5.85. The van der Waals surface area contributed by atoms with Gasteiger partial charge in [-0.05, 0) is 28.7 Å². The first-order valence-corrected chi connectivity index (χ1v) is 8.30. The number of nitrogens with zero attached hydrogens (tertiary/aromatic N) is 4. The second-order valence-electron chi connectivity index (χ2n) is 3.95. The summed E-state index contributed by atoms with van der Waals surface area (Å²) in [5, 5.41) is 19.8. The highest BCUT2D eigenvalue weighted by Gasteiger charge is 2.14. The molecule has 3 aromatic rings. The molecular formula is C12H8N4O2S3. The zero-order valence-corrected chi connectivity index (χ0v) is 13.0. The van der Waals surface area contributed by atoms with Crippen LogP contribution in [0, 0.1) is 10.1 Å². The molecule has 0 fully saturated rings. The maximum Gasteiger partial charge on any atom is 0.344 e. The van der Waals surface area contributed by atoms with Gasteiger partial charge in [-0.2, -0.15) is 0 Å². The normalized spacial score (nSPS) is 10.7. The molecule has 0 saturated heterocycles. The third kappa shape index (κ3) is 3.63. The molecule has 0 unspecified atom stereocenters. The van der Waals surface area contributed by atoms with Crippen LogP contribution in [0.15, 0.2) is 45.2 Å². The van der Waals surface area contributed by atoms with Crippen LogP contribution in [0.25, 0.3) is 0 Å². The summed E-state index contributed by atoms with van der Waals surface area (Å²) in [4.78, 5) is 14.2. The second-order valence-corrected chi connectivity index (χ2v) is 7.51.